The van der Waals surface area contributed by atoms with Gasteiger partial charge in [-0.25, -0.2) is 4.18 Å². The molecule has 0 saturated heterocycles. The second kappa shape index (κ2) is 7.14. The molecule has 1 rings (SSSR count). The Bertz CT molecular complexity index is 541. The second-order valence-electron chi connectivity index (χ2n) is 3.72. The van der Waals surface area contributed by atoms with Gasteiger partial charge < -0.3 is 9.84 Å². The Kier molecular flexibility index (Phi) is 5.82. The minimum absolute atomic E-state index is 0.00143. The Morgan fingerprint density at radius 2 is 1.90 bits per heavy atom. The first-order valence-electron chi connectivity index (χ1n) is 5.45. The normalized spacial score (nSPS) is 12.9. The summed E-state index contributed by atoms with van der Waals surface area (Å²) in [4.78, 5) is 9.88. The number of rotatable bonds is 8. The fourth-order valence-corrected chi connectivity index (χ4v) is 1.82. The van der Waals surface area contributed by atoms with E-state index in [2.05, 4.69) is 4.18 Å². The van der Waals surface area contributed by atoms with Crippen LogP contribution in [0.2, 0.25) is 0 Å². The molecule has 0 bridgehead atoms. The van der Waals surface area contributed by atoms with E-state index >= 15 is 0 Å². The number of hydrogen-bond acceptors (Lipinski definition) is 7. The molecular formula is C10H13NO8S. The number of nitrogens with zero attached hydrogens (tertiary/aromatic N) is 1. The van der Waals surface area contributed by atoms with Crippen molar-refractivity contribution in [2.24, 2.45) is 0 Å². The zero-order valence-corrected chi connectivity index (χ0v) is 11.0. The van der Waals surface area contributed by atoms with Gasteiger partial charge in [-0.3, -0.25) is 14.7 Å². The number of benzene rings is 1. The molecule has 2 N–H and O–H groups in total. The van der Waals surface area contributed by atoms with Gasteiger partial charge in [0.2, 0.25) is 0 Å². The lowest BCUT2D eigenvalue weighted by Gasteiger charge is -2.13. The summed E-state index contributed by atoms with van der Waals surface area (Å²) in [5.41, 5.74) is -0.0831. The molecule has 0 aromatic heterocycles. The molecule has 0 fully saturated rings. The summed E-state index contributed by atoms with van der Waals surface area (Å²) in [6, 6.07) is 5.28. The van der Waals surface area contributed by atoms with Crippen molar-refractivity contribution in [3.8, 4) is 5.75 Å². The predicted octanol–water partition coefficient (Wildman–Crippen LogP) is 0.544. The van der Waals surface area contributed by atoms with Crippen LogP contribution >= 0.6 is 0 Å². The van der Waals surface area contributed by atoms with Crippen LogP contribution in [0.25, 0.3) is 0 Å². The molecule has 1 aromatic carbocycles. The molecule has 0 saturated carbocycles. The summed E-state index contributed by atoms with van der Waals surface area (Å²) in [7, 11) is -4.64. The van der Waals surface area contributed by atoms with Crippen molar-refractivity contribution in [3.63, 3.8) is 0 Å². The molecule has 10 heteroatoms. The summed E-state index contributed by atoms with van der Waals surface area (Å²) in [6.07, 6.45) is -1.11. The molecule has 0 spiro atoms. The molecule has 20 heavy (non-hydrogen) atoms. The first-order chi connectivity index (χ1) is 9.31. The summed E-state index contributed by atoms with van der Waals surface area (Å²) in [5.74, 6) is 0.346. The fourth-order valence-electron chi connectivity index (χ4n) is 1.31. The lowest BCUT2D eigenvalue weighted by Crippen LogP contribution is -2.24. The molecule has 112 valence electrons. The molecule has 0 amide bonds. The van der Waals surface area contributed by atoms with Gasteiger partial charge in [0.15, 0.2) is 0 Å². The van der Waals surface area contributed by atoms with Crippen LogP contribution in [0.5, 0.6) is 5.75 Å². The lowest BCUT2D eigenvalue weighted by molar-refractivity contribution is -0.384. The monoisotopic (exact) mass is 307 g/mol. The molecule has 0 radical (unpaired) electrons. The molecule has 1 aromatic rings. The molecule has 0 aliphatic heterocycles. The standard InChI is InChI=1S/C10H13NO8S/c12-7-10(19-20(15,16)17)5-6-18-9-3-1-8(2-4-9)11(13)14/h1-4,10,12H,5-7H2,(H,15,16,17). The Balaban J connectivity index is 2.45. The van der Waals surface area contributed by atoms with Crippen LogP contribution in [0, 0.1) is 10.1 Å². The van der Waals surface area contributed by atoms with Gasteiger partial charge in [-0.2, -0.15) is 8.42 Å². The van der Waals surface area contributed by atoms with Gasteiger partial charge in [-0.1, -0.05) is 0 Å². The van der Waals surface area contributed by atoms with Gasteiger partial charge >= 0.3 is 10.4 Å². The van der Waals surface area contributed by atoms with Crippen molar-refractivity contribution < 1.29 is 31.9 Å². The summed E-state index contributed by atoms with van der Waals surface area (Å²) < 4.78 is 38.7. The largest absolute Gasteiger partial charge is 0.493 e. The zero-order chi connectivity index (χ0) is 15.2. The average Bonchev–Trinajstić information content (AvgIpc) is 2.36. The van der Waals surface area contributed by atoms with E-state index in [0.717, 1.165) is 0 Å². The van der Waals surface area contributed by atoms with Crippen LogP contribution in [-0.4, -0.2) is 42.3 Å². The van der Waals surface area contributed by atoms with Crippen molar-refractivity contribution in [3.05, 3.63) is 34.4 Å². The number of aliphatic hydroxyl groups is 1. The average molecular weight is 307 g/mol. The third-order valence-electron chi connectivity index (χ3n) is 2.22. The van der Waals surface area contributed by atoms with Gasteiger partial charge in [-0.05, 0) is 12.1 Å². The molecular weight excluding hydrogens is 294 g/mol. The van der Waals surface area contributed by atoms with Crippen LogP contribution < -0.4 is 4.74 Å². The molecule has 1 unspecified atom stereocenters. The highest BCUT2D eigenvalue weighted by Gasteiger charge is 2.16. The van der Waals surface area contributed by atoms with E-state index in [1.807, 2.05) is 0 Å². The van der Waals surface area contributed by atoms with E-state index in [4.69, 9.17) is 14.4 Å². The number of nitro benzene ring substituents is 1. The topological polar surface area (TPSA) is 136 Å². The maximum Gasteiger partial charge on any atom is 0.397 e. The van der Waals surface area contributed by atoms with Gasteiger partial charge in [0.1, 0.15) is 11.9 Å². The van der Waals surface area contributed by atoms with Crippen molar-refractivity contribution in [2.45, 2.75) is 12.5 Å². The van der Waals surface area contributed by atoms with Crippen molar-refractivity contribution in [2.75, 3.05) is 13.2 Å². The van der Waals surface area contributed by atoms with Gasteiger partial charge in [0.05, 0.1) is 18.1 Å². The lowest BCUT2D eigenvalue weighted by atomic mass is 10.3. The summed E-state index contributed by atoms with van der Waals surface area (Å²) in [5, 5.41) is 19.3. The molecule has 0 heterocycles. The van der Waals surface area contributed by atoms with Gasteiger partial charge in [-0.15, -0.1) is 0 Å². The fraction of sp³-hybridized carbons (Fsp3) is 0.400. The van der Waals surface area contributed by atoms with Crippen LogP contribution in [0.4, 0.5) is 5.69 Å². The minimum Gasteiger partial charge on any atom is -0.493 e. The van der Waals surface area contributed by atoms with Crippen LogP contribution in [0.15, 0.2) is 24.3 Å². The Morgan fingerprint density at radius 1 is 1.30 bits per heavy atom. The van der Waals surface area contributed by atoms with Crippen molar-refractivity contribution >= 4 is 16.1 Å². The van der Waals surface area contributed by atoms with Crippen LogP contribution in [0.1, 0.15) is 6.42 Å². The first kappa shape index (κ1) is 16.3. The summed E-state index contributed by atoms with van der Waals surface area (Å²) in [6.45, 7) is -0.609. The number of non-ortho nitro benzene ring substituents is 1. The highest BCUT2D eigenvalue weighted by atomic mass is 32.3. The first-order valence-corrected chi connectivity index (χ1v) is 6.82. The van der Waals surface area contributed by atoms with E-state index < -0.39 is 28.0 Å². The Hall–Kier alpha value is -1.75. The molecule has 9 nitrogen and oxygen atoms in total. The smallest absolute Gasteiger partial charge is 0.397 e. The number of ether oxygens (including phenoxy) is 1. The van der Waals surface area contributed by atoms with Gasteiger partial charge in [0, 0.05) is 18.6 Å². The predicted molar refractivity (Wildman–Crippen MR) is 66.7 cm³/mol. The number of hydrogen-bond donors (Lipinski definition) is 2. The Morgan fingerprint density at radius 3 is 2.35 bits per heavy atom. The van der Waals surface area contributed by atoms with E-state index in [1.54, 1.807) is 0 Å². The number of nitro groups is 1. The Labute approximate surface area is 114 Å². The second-order valence-corrected chi connectivity index (χ2v) is 4.76. The molecule has 0 aliphatic rings. The van der Waals surface area contributed by atoms with Crippen molar-refractivity contribution in [1.29, 1.82) is 0 Å². The van der Waals surface area contributed by atoms with E-state index in [1.165, 1.54) is 24.3 Å². The molecule has 0 aliphatic carbocycles. The third kappa shape index (κ3) is 5.93. The van der Waals surface area contributed by atoms with E-state index in [0.29, 0.717) is 5.75 Å². The van der Waals surface area contributed by atoms with Crippen molar-refractivity contribution in [1.82, 2.24) is 0 Å². The van der Waals surface area contributed by atoms with E-state index in [-0.39, 0.29) is 18.7 Å². The highest BCUT2D eigenvalue weighted by molar-refractivity contribution is 7.80. The maximum atomic E-state index is 10.5. The maximum absolute atomic E-state index is 10.5. The molecule has 1 atom stereocenters. The highest BCUT2D eigenvalue weighted by Crippen LogP contribution is 2.17. The van der Waals surface area contributed by atoms with Gasteiger partial charge in [0.25, 0.3) is 5.69 Å². The SMILES string of the molecule is O=[N+]([O-])c1ccc(OCCC(CO)OS(=O)(=O)O)cc1. The van der Waals surface area contributed by atoms with Crippen LogP contribution in [-0.2, 0) is 14.6 Å². The van der Waals surface area contributed by atoms with E-state index in [9.17, 15) is 18.5 Å². The minimum atomic E-state index is -4.64. The van der Waals surface area contributed by atoms with Crippen LogP contribution in [0.3, 0.4) is 0 Å². The summed E-state index contributed by atoms with van der Waals surface area (Å²) >= 11 is 0. The third-order valence-corrected chi connectivity index (χ3v) is 2.73. The number of aliphatic hydroxyl groups excluding tert-OH is 1. The zero-order valence-electron chi connectivity index (χ0n) is 10.2. The quantitative estimate of drug-likeness (QED) is 0.403.